The van der Waals surface area contributed by atoms with Crippen molar-refractivity contribution in [3.8, 4) is 39.5 Å². The van der Waals surface area contributed by atoms with E-state index in [0.717, 1.165) is 6.42 Å². The van der Waals surface area contributed by atoms with E-state index in [-0.39, 0.29) is 75.4 Å². The van der Waals surface area contributed by atoms with E-state index in [4.69, 9.17) is 9.72 Å². The first kappa shape index (κ1) is 32.7. The zero-order valence-electron chi connectivity index (χ0n) is 24.0. The summed E-state index contributed by atoms with van der Waals surface area (Å²) in [6, 6.07) is 15.6. The van der Waals surface area contributed by atoms with Gasteiger partial charge in [-0.3, -0.25) is 18.9 Å². The van der Waals surface area contributed by atoms with Gasteiger partial charge in [-0.15, -0.1) is 0 Å². The number of benzene rings is 2. The summed E-state index contributed by atoms with van der Waals surface area (Å²) in [6.07, 6.45) is 3.51. The maximum atomic E-state index is 15.7. The van der Waals surface area contributed by atoms with Crippen LogP contribution in [0.5, 0.6) is 5.88 Å². The Bertz CT molecular complexity index is 1830. The fourth-order valence-electron chi connectivity index (χ4n) is 4.91. The molecule has 0 unspecified atom stereocenters. The molecular weight excluding hydrogens is 576 g/mol. The van der Waals surface area contributed by atoms with Crippen molar-refractivity contribution in [1.82, 2.24) is 24.7 Å². The Balaban J connectivity index is 0.00000423. The summed E-state index contributed by atoms with van der Waals surface area (Å²) in [7, 11) is 0. The molecule has 2 aromatic carbocycles. The molecule has 0 aliphatic carbocycles. The summed E-state index contributed by atoms with van der Waals surface area (Å²) in [5.74, 6) is 0.195. The Labute approximate surface area is 291 Å². The number of halogens is 1. The molecular formula is C32H33FKN5O4. The van der Waals surface area contributed by atoms with Gasteiger partial charge in [-0.1, -0.05) is 55.4 Å². The minimum absolute atomic E-state index is 0. The number of H-pyrrole nitrogens is 1. The van der Waals surface area contributed by atoms with Gasteiger partial charge >= 0.3 is 57.1 Å². The van der Waals surface area contributed by atoms with Gasteiger partial charge in [0.2, 0.25) is 5.88 Å². The van der Waals surface area contributed by atoms with E-state index in [1.54, 1.807) is 47.2 Å². The number of hydrogen-bond acceptors (Lipinski definition) is 7. The van der Waals surface area contributed by atoms with Gasteiger partial charge < -0.3 is 4.74 Å². The summed E-state index contributed by atoms with van der Waals surface area (Å²) < 4.78 is 27.5. The van der Waals surface area contributed by atoms with Gasteiger partial charge in [0.1, 0.15) is 11.6 Å². The van der Waals surface area contributed by atoms with Crippen molar-refractivity contribution in [3.05, 3.63) is 105 Å². The molecule has 218 valence electrons. The molecule has 0 fully saturated rings. The van der Waals surface area contributed by atoms with Crippen molar-refractivity contribution in [1.29, 1.82) is 0 Å². The normalized spacial score (nSPS) is 11.0. The molecule has 5 rings (SSSR count). The molecule has 5 aromatic rings. The van der Waals surface area contributed by atoms with Crippen LogP contribution in [0.15, 0.2) is 74.9 Å². The van der Waals surface area contributed by atoms with E-state index < -0.39 is 11.6 Å². The minimum atomic E-state index is -0.674. The van der Waals surface area contributed by atoms with E-state index in [9.17, 15) is 9.59 Å². The van der Waals surface area contributed by atoms with E-state index in [0.29, 0.717) is 63.6 Å². The number of ether oxygens (including phenoxy) is 1. The van der Waals surface area contributed by atoms with Gasteiger partial charge in [0.25, 0.3) is 5.56 Å². The zero-order chi connectivity index (χ0) is 29.8. The van der Waals surface area contributed by atoms with Crippen LogP contribution in [0.2, 0.25) is 0 Å². The van der Waals surface area contributed by atoms with Crippen molar-refractivity contribution < 1.29 is 13.7 Å². The average Bonchev–Trinajstić information content (AvgIpc) is 3.42. The first-order valence-corrected chi connectivity index (χ1v) is 14.0. The fourth-order valence-corrected chi connectivity index (χ4v) is 4.91. The second-order valence-electron chi connectivity index (χ2n) is 10.2. The molecule has 0 saturated carbocycles. The third-order valence-corrected chi connectivity index (χ3v) is 6.83. The van der Waals surface area contributed by atoms with Crippen LogP contribution in [0.3, 0.4) is 0 Å². The van der Waals surface area contributed by atoms with Crippen LogP contribution in [0.1, 0.15) is 51.2 Å². The topological polar surface area (TPSA) is 116 Å². The van der Waals surface area contributed by atoms with Gasteiger partial charge in [-0.25, -0.2) is 19.2 Å². The van der Waals surface area contributed by atoms with Crippen molar-refractivity contribution >= 4 is 51.4 Å². The first-order valence-electron chi connectivity index (χ1n) is 14.0. The summed E-state index contributed by atoms with van der Waals surface area (Å²) >= 11 is 0. The number of hydrogen-bond donors (Lipinski definition) is 1. The number of aromatic amines is 1. The van der Waals surface area contributed by atoms with E-state index in [1.165, 1.54) is 6.07 Å². The molecule has 11 heteroatoms. The molecule has 1 N–H and O–H groups in total. The number of rotatable bonds is 10. The molecule has 43 heavy (non-hydrogen) atoms. The van der Waals surface area contributed by atoms with Crippen LogP contribution >= 0.6 is 0 Å². The Morgan fingerprint density at radius 1 is 1.02 bits per heavy atom. The molecule has 0 bridgehead atoms. The summed E-state index contributed by atoms with van der Waals surface area (Å²) in [4.78, 5) is 37.3. The van der Waals surface area contributed by atoms with Gasteiger partial charge in [0, 0.05) is 35.4 Å². The number of nitrogens with zero attached hydrogens (tertiary/aromatic N) is 4. The maximum absolute atomic E-state index is 15.7. The second-order valence-corrected chi connectivity index (χ2v) is 10.2. The molecule has 0 radical (unpaired) electrons. The number of aryl methyl sites for hydroxylation is 2. The zero-order valence-corrected chi connectivity index (χ0v) is 24.0. The van der Waals surface area contributed by atoms with E-state index in [1.807, 2.05) is 39.8 Å². The van der Waals surface area contributed by atoms with E-state index in [2.05, 4.69) is 19.6 Å². The predicted molar refractivity (Wildman–Crippen MR) is 165 cm³/mol. The van der Waals surface area contributed by atoms with Crippen molar-refractivity contribution in [2.24, 2.45) is 0 Å². The second kappa shape index (κ2) is 14.5. The van der Waals surface area contributed by atoms with Crippen LogP contribution < -0.4 is 16.1 Å². The molecule has 0 saturated heterocycles. The molecule has 9 nitrogen and oxygen atoms in total. The number of aromatic nitrogens is 5. The first-order chi connectivity index (χ1) is 20.3. The quantitative estimate of drug-likeness (QED) is 0.218. The molecule has 0 aliphatic rings. The predicted octanol–water partition coefficient (Wildman–Crippen LogP) is 5.16. The molecule has 0 amide bonds. The van der Waals surface area contributed by atoms with Crippen LogP contribution in [0.4, 0.5) is 4.39 Å². The Morgan fingerprint density at radius 3 is 2.37 bits per heavy atom. The fraction of sp³-hybridized carbons (Fsp3) is 0.281. The molecule has 3 heterocycles. The third-order valence-electron chi connectivity index (χ3n) is 6.83. The third kappa shape index (κ3) is 7.30. The van der Waals surface area contributed by atoms with Crippen molar-refractivity contribution in [2.45, 2.75) is 59.6 Å². The van der Waals surface area contributed by atoms with Gasteiger partial charge in [-0.05, 0) is 49.9 Å². The Morgan fingerprint density at radius 2 is 1.77 bits per heavy atom. The standard InChI is InChI=1S/C32H32FN5O4.K.H/c1-5-9-27-35-26(6-2)29(21-14-15-28(34-17-21)41-19(3)4)31(39)38(27)18-22-13-12-20(16-25(22)33)23-10-7-8-11-24(23)30-36-32(40)42-37-30;;/h7-8,10-17,19H,5-6,9,18H2,1-4H3,(H,36,37,40);;. The monoisotopic (exact) mass is 609 g/mol. The van der Waals surface area contributed by atoms with Crippen molar-refractivity contribution in [2.75, 3.05) is 0 Å². The van der Waals surface area contributed by atoms with Crippen LogP contribution in [-0.4, -0.2) is 82.2 Å². The molecule has 3 aromatic heterocycles. The Hall–Kier alpha value is -3.22. The number of nitrogens with one attached hydrogen (secondary N) is 1. The molecule has 0 spiro atoms. The van der Waals surface area contributed by atoms with Crippen LogP contribution in [-0.2, 0) is 19.4 Å². The SMILES string of the molecule is CCCc1nc(CC)c(-c2ccc(OC(C)C)nc2)c(=O)n1Cc1ccc(-c2ccccc2-c2noc(=O)[nH]2)cc1F.[KH]. The van der Waals surface area contributed by atoms with Crippen molar-refractivity contribution in [3.63, 3.8) is 0 Å². The van der Waals surface area contributed by atoms with Gasteiger partial charge in [0.05, 0.1) is 23.9 Å². The Kier molecular flexibility index (Phi) is 11.0. The summed E-state index contributed by atoms with van der Waals surface area (Å²) in [6.45, 7) is 7.83. The van der Waals surface area contributed by atoms with Crippen LogP contribution in [0.25, 0.3) is 33.6 Å². The number of pyridine rings is 1. The van der Waals surface area contributed by atoms with E-state index >= 15 is 4.39 Å². The molecule has 0 atom stereocenters. The van der Waals surface area contributed by atoms with Crippen LogP contribution in [0, 0.1) is 5.82 Å². The molecule has 0 aliphatic heterocycles. The average molecular weight is 610 g/mol. The van der Waals surface area contributed by atoms with Gasteiger partial charge in [-0.2, -0.15) is 0 Å². The van der Waals surface area contributed by atoms with Gasteiger partial charge in [0.15, 0.2) is 5.82 Å². The summed E-state index contributed by atoms with van der Waals surface area (Å²) in [5.41, 5.74) is 3.73. The summed E-state index contributed by atoms with van der Waals surface area (Å²) in [5, 5.41) is 3.78.